The minimum absolute atomic E-state index is 0.234. The van der Waals surface area contributed by atoms with Crippen molar-refractivity contribution in [3.8, 4) is 0 Å². The van der Waals surface area contributed by atoms with Crippen LogP contribution in [0, 0.1) is 5.92 Å². The van der Waals surface area contributed by atoms with Crippen LogP contribution in [0.2, 0.25) is 0 Å². The van der Waals surface area contributed by atoms with Crippen molar-refractivity contribution in [2.75, 3.05) is 5.73 Å². The molecule has 1 aliphatic rings. The number of nitrogen functional groups attached to an aromatic ring is 1. The fraction of sp³-hybridized carbons (Fsp3) is 0.500. The normalized spacial score (nSPS) is 16.3. The van der Waals surface area contributed by atoms with Gasteiger partial charge in [-0.3, -0.25) is 4.57 Å². The van der Waals surface area contributed by atoms with Gasteiger partial charge in [-0.05, 0) is 24.8 Å². The molecular formula is C8H11N3O. The Kier molecular flexibility index (Phi) is 1.60. The van der Waals surface area contributed by atoms with E-state index in [0.29, 0.717) is 11.7 Å². The molecule has 1 saturated carbocycles. The van der Waals surface area contributed by atoms with Gasteiger partial charge in [-0.2, -0.15) is 4.98 Å². The molecule has 1 aromatic heterocycles. The van der Waals surface area contributed by atoms with Crippen LogP contribution in [0.15, 0.2) is 17.1 Å². The van der Waals surface area contributed by atoms with Crippen LogP contribution in [0.3, 0.4) is 0 Å². The predicted molar refractivity (Wildman–Crippen MR) is 45.6 cm³/mol. The molecule has 0 aliphatic heterocycles. The third-order valence-corrected chi connectivity index (χ3v) is 2.05. The van der Waals surface area contributed by atoms with E-state index in [9.17, 15) is 4.79 Å². The van der Waals surface area contributed by atoms with Gasteiger partial charge < -0.3 is 5.73 Å². The molecule has 0 atom stereocenters. The third-order valence-electron chi connectivity index (χ3n) is 2.05. The van der Waals surface area contributed by atoms with E-state index in [0.717, 1.165) is 6.54 Å². The van der Waals surface area contributed by atoms with Crippen molar-refractivity contribution in [3.05, 3.63) is 22.7 Å². The highest BCUT2D eigenvalue weighted by molar-refractivity contribution is 5.23. The zero-order chi connectivity index (χ0) is 8.55. The molecule has 0 spiro atoms. The summed E-state index contributed by atoms with van der Waals surface area (Å²) in [5.74, 6) is 0.986. The van der Waals surface area contributed by atoms with Crippen LogP contribution in [-0.2, 0) is 6.54 Å². The molecule has 0 amide bonds. The van der Waals surface area contributed by atoms with E-state index in [2.05, 4.69) is 4.98 Å². The van der Waals surface area contributed by atoms with Crippen LogP contribution in [-0.4, -0.2) is 9.55 Å². The van der Waals surface area contributed by atoms with Crippen molar-refractivity contribution in [1.29, 1.82) is 0 Å². The minimum atomic E-state index is -0.234. The third kappa shape index (κ3) is 1.47. The smallest absolute Gasteiger partial charge is 0.349 e. The van der Waals surface area contributed by atoms with Crippen LogP contribution in [0.5, 0.6) is 0 Å². The fourth-order valence-electron chi connectivity index (χ4n) is 1.16. The van der Waals surface area contributed by atoms with Crippen LogP contribution in [0.25, 0.3) is 0 Å². The Labute approximate surface area is 70.0 Å². The maximum absolute atomic E-state index is 11.2. The Morgan fingerprint density at radius 2 is 2.42 bits per heavy atom. The SMILES string of the molecule is Nc1ccn(CC2CC2)c(=O)n1. The first-order chi connectivity index (χ1) is 5.75. The molecule has 2 N–H and O–H groups in total. The zero-order valence-electron chi connectivity index (χ0n) is 6.73. The largest absolute Gasteiger partial charge is 0.383 e. The van der Waals surface area contributed by atoms with Gasteiger partial charge in [0.2, 0.25) is 0 Å². The molecule has 0 saturated heterocycles. The average Bonchev–Trinajstić information content (AvgIpc) is 2.79. The van der Waals surface area contributed by atoms with E-state index in [1.165, 1.54) is 12.8 Å². The van der Waals surface area contributed by atoms with Crippen molar-refractivity contribution < 1.29 is 0 Å². The van der Waals surface area contributed by atoms with E-state index in [4.69, 9.17) is 5.73 Å². The molecule has 1 heterocycles. The first-order valence-electron chi connectivity index (χ1n) is 4.08. The summed E-state index contributed by atoms with van der Waals surface area (Å²) in [6.45, 7) is 0.798. The number of aromatic nitrogens is 2. The molecule has 64 valence electrons. The predicted octanol–water partition coefficient (Wildman–Crippen LogP) is 0.236. The first kappa shape index (κ1) is 7.34. The molecule has 0 unspecified atom stereocenters. The highest BCUT2D eigenvalue weighted by atomic mass is 16.1. The molecule has 4 heteroatoms. The molecule has 1 fully saturated rings. The van der Waals surface area contributed by atoms with Gasteiger partial charge in [-0.25, -0.2) is 4.79 Å². The van der Waals surface area contributed by atoms with Crippen molar-refractivity contribution >= 4 is 5.82 Å². The van der Waals surface area contributed by atoms with Crippen LogP contribution in [0.1, 0.15) is 12.8 Å². The summed E-state index contributed by atoms with van der Waals surface area (Å²) in [6, 6.07) is 1.66. The number of nitrogens with zero attached hydrogens (tertiary/aromatic N) is 2. The molecule has 2 rings (SSSR count). The van der Waals surface area contributed by atoms with Gasteiger partial charge in [-0.1, -0.05) is 0 Å². The average molecular weight is 165 g/mol. The summed E-state index contributed by atoms with van der Waals surface area (Å²) in [6.07, 6.45) is 4.18. The molecule has 0 aromatic carbocycles. The van der Waals surface area contributed by atoms with Crippen molar-refractivity contribution in [1.82, 2.24) is 9.55 Å². The van der Waals surface area contributed by atoms with Crippen molar-refractivity contribution in [2.45, 2.75) is 19.4 Å². The molecule has 0 radical (unpaired) electrons. The lowest BCUT2D eigenvalue weighted by Gasteiger charge is -2.01. The van der Waals surface area contributed by atoms with Gasteiger partial charge in [0.15, 0.2) is 0 Å². The van der Waals surface area contributed by atoms with Gasteiger partial charge in [0.05, 0.1) is 0 Å². The lowest BCUT2D eigenvalue weighted by Crippen LogP contribution is -2.23. The molecule has 4 nitrogen and oxygen atoms in total. The second-order valence-corrected chi connectivity index (χ2v) is 3.23. The van der Waals surface area contributed by atoms with Crippen LogP contribution in [0.4, 0.5) is 5.82 Å². The topological polar surface area (TPSA) is 60.9 Å². The van der Waals surface area contributed by atoms with Crippen molar-refractivity contribution in [2.24, 2.45) is 5.92 Å². The van der Waals surface area contributed by atoms with E-state index >= 15 is 0 Å². The Balaban J connectivity index is 2.24. The lowest BCUT2D eigenvalue weighted by molar-refractivity contribution is 0.593. The molecule has 1 aromatic rings. The monoisotopic (exact) mass is 165 g/mol. The van der Waals surface area contributed by atoms with E-state index in [-0.39, 0.29) is 5.69 Å². The number of hydrogen-bond acceptors (Lipinski definition) is 3. The molecule has 1 aliphatic carbocycles. The molecule has 0 bridgehead atoms. The maximum atomic E-state index is 11.2. The highest BCUT2D eigenvalue weighted by Crippen LogP contribution is 2.29. The summed E-state index contributed by atoms with van der Waals surface area (Å²) in [4.78, 5) is 14.8. The van der Waals surface area contributed by atoms with Crippen molar-refractivity contribution in [3.63, 3.8) is 0 Å². The van der Waals surface area contributed by atoms with E-state index in [1.54, 1.807) is 16.8 Å². The van der Waals surface area contributed by atoms with Gasteiger partial charge in [-0.15, -0.1) is 0 Å². The zero-order valence-corrected chi connectivity index (χ0v) is 6.73. The first-order valence-corrected chi connectivity index (χ1v) is 4.08. The summed E-state index contributed by atoms with van der Waals surface area (Å²) >= 11 is 0. The second-order valence-electron chi connectivity index (χ2n) is 3.23. The van der Waals surface area contributed by atoms with Gasteiger partial charge in [0.25, 0.3) is 0 Å². The number of nitrogens with two attached hydrogens (primary N) is 1. The van der Waals surface area contributed by atoms with Gasteiger partial charge in [0, 0.05) is 12.7 Å². The van der Waals surface area contributed by atoms with Gasteiger partial charge in [0.1, 0.15) is 5.82 Å². The Hall–Kier alpha value is -1.32. The Morgan fingerprint density at radius 1 is 1.67 bits per heavy atom. The fourth-order valence-corrected chi connectivity index (χ4v) is 1.16. The highest BCUT2D eigenvalue weighted by Gasteiger charge is 2.21. The van der Waals surface area contributed by atoms with Crippen LogP contribution >= 0.6 is 0 Å². The van der Waals surface area contributed by atoms with Crippen LogP contribution < -0.4 is 11.4 Å². The number of hydrogen-bond donors (Lipinski definition) is 1. The van der Waals surface area contributed by atoms with Gasteiger partial charge >= 0.3 is 5.69 Å². The summed E-state index contributed by atoms with van der Waals surface area (Å²) < 4.78 is 1.62. The molecule has 12 heavy (non-hydrogen) atoms. The standard InChI is InChI=1S/C8H11N3O/c9-7-3-4-11(8(12)10-7)5-6-1-2-6/h3-4,6H,1-2,5H2,(H2,9,10,12). The van der Waals surface area contributed by atoms with E-state index in [1.807, 2.05) is 0 Å². The number of rotatable bonds is 2. The number of anilines is 1. The summed E-state index contributed by atoms with van der Waals surface area (Å²) in [5, 5.41) is 0. The molecular weight excluding hydrogens is 154 g/mol. The second kappa shape index (κ2) is 2.62. The lowest BCUT2D eigenvalue weighted by atomic mass is 10.4. The van der Waals surface area contributed by atoms with E-state index < -0.39 is 0 Å². The quantitative estimate of drug-likeness (QED) is 0.682. The summed E-state index contributed by atoms with van der Waals surface area (Å²) in [7, 11) is 0. The maximum Gasteiger partial charge on any atom is 0.349 e. The minimum Gasteiger partial charge on any atom is -0.383 e. The summed E-state index contributed by atoms with van der Waals surface area (Å²) in [5.41, 5.74) is 5.12. The Bertz CT molecular complexity index is 340. The Morgan fingerprint density at radius 3 is 3.00 bits per heavy atom.